The fourth-order valence-electron chi connectivity index (χ4n) is 1.69. The number of amides is 2. The summed E-state index contributed by atoms with van der Waals surface area (Å²) >= 11 is 6.11. The van der Waals surface area contributed by atoms with Gasteiger partial charge in [0.2, 0.25) is 0 Å². The number of para-hydroxylation sites is 1. The van der Waals surface area contributed by atoms with Crippen molar-refractivity contribution in [1.29, 1.82) is 0 Å². The van der Waals surface area contributed by atoms with Crippen molar-refractivity contribution in [2.24, 2.45) is 0 Å². The van der Waals surface area contributed by atoms with Crippen molar-refractivity contribution in [1.82, 2.24) is 4.90 Å². The van der Waals surface area contributed by atoms with Gasteiger partial charge in [0.15, 0.2) is 5.75 Å². The third-order valence-electron chi connectivity index (χ3n) is 2.79. The number of methoxy groups -OCH3 is 1. The van der Waals surface area contributed by atoms with E-state index >= 15 is 0 Å². The first kappa shape index (κ1) is 16.6. The SMILES string of the molecule is CCN(CC)C(=O)Nc1cccc(Cl)c1OCCOC. The molecule has 0 aliphatic carbocycles. The highest BCUT2D eigenvalue weighted by Crippen LogP contribution is 2.33. The molecule has 112 valence electrons. The van der Waals surface area contributed by atoms with Crippen molar-refractivity contribution in [3.05, 3.63) is 23.2 Å². The van der Waals surface area contributed by atoms with Crippen molar-refractivity contribution in [2.45, 2.75) is 13.8 Å². The number of anilines is 1. The number of urea groups is 1. The zero-order valence-corrected chi connectivity index (χ0v) is 12.9. The number of carbonyl (C=O) groups is 1. The van der Waals surface area contributed by atoms with Crippen molar-refractivity contribution in [2.75, 3.05) is 38.7 Å². The van der Waals surface area contributed by atoms with Gasteiger partial charge in [-0.2, -0.15) is 0 Å². The predicted molar refractivity (Wildman–Crippen MR) is 80.8 cm³/mol. The third kappa shape index (κ3) is 4.58. The lowest BCUT2D eigenvalue weighted by Gasteiger charge is -2.20. The lowest BCUT2D eigenvalue weighted by atomic mass is 10.3. The second kappa shape index (κ2) is 8.66. The Morgan fingerprint density at radius 3 is 2.60 bits per heavy atom. The topological polar surface area (TPSA) is 50.8 Å². The Balaban J connectivity index is 2.83. The highest BCUT2D eigenvalue weighted by Gasteiger charge is 2.14. The first-order valence-corrected chi connectivity index (χ1v) is 6.98. The number of nitrogens with zero attached hydrogens (tertiary/aromatic N) is 1. The number of hydrogen-bond donors (Lipinski definition) is 1. The van der Waals surface area contributed by atoms with E-state index in [2.05, 4.69) is 5.32 Å². The number of carbonyl (C=O) groups excluding carboxylic acids is 1. The second-order valence-electron chi connectivity index (χ2n) is 4.06. The molecule has 1 N–H and O–H groups in total. The molecule has 0 saturated carbocycles. The zero-order chi connectivity index (χ0) is 15.0. The lowest BCUT2D eigenvalue weighted by molar-refractivity contribution is 0.146. The highest BCUT2D eigenvalue weighted by molar-refractivity contribution is 6.32. The molecule has 0 spiro atoms. The van der Waals surface area contributed by atoms with Crippen LogP contribution in [0, 0.1) is 0 Å². The summed E-state index contributed by atoms with van der Waals surface area (Å²) in [6, 6.07) is 5.07. The standard InChI is InChI=1S/C14H21ClN2O3/c1-4-17(5-2)14(18)16-12-8-6-7-11(15)13(12)20-10-9-19-3/h6-8H,4-5,9-10H2,1-3H3,(H,16,18). The summed E-state index contributed by atoms with van der Waals surface area (Å²) in [7, 11) is 1.60. The number of rotatable bonds is 7. The molecule has 5 nitrogen and oxygen atoms in total. The molecule has 0 aromatic heterocycles. The maximum absolute atomic E-state index is 12.1. The van der Waals surface area contributed by atoms with Crippen LogP contribution in [0.1, 0.15) is 13.8 Å². The number of nitrogens with one attached hydrogen (secondary N) is 1. The number of halogens is 1. The lowest BCUT2D eigenvalue weighted by Crippen LogP contribution is -2.34. The van der Waals surface area contributed by atoms with Crippen LogP contribution in [0.25, 0.3) is 0 Å². The first-order valence-electron chi connectivity index (χ1n) is 6.60. The molecule has 0 bridgehead atoms. The van der Waals surface area contributed by atoms with Crippen LogP contribution in [-0.2, 0) is 4.74 Å². The molecular weight excluding hydrogens is 280 g/mol. The van der Waals surface area contributed by atoms with Crippen LogP contribution in [0.2, 0.25) is 5.02 Å². The molecule has 0 heterocycles. The summed E-state index contributed by atoms with van der Waals surface area (Å²) in [5, 5.41) is 3.27. The average Bonchev–Trinajstić information content (AvgIpc) is 2.43. The van der Waals surface area contributed by atoms with Crippen molar-refractivity contribution < 1.29 is 14.3 Å². The Bertz CT molecular complexity index is 436. The van der Waals surface area contributed by atoms with Gasteiger partial charge in [0.25, 0.3) is 0 Å². The second-order valence-corrected chi connectivity index (χ2v) is 4.47. The molecule has 0 aliphatic rings. The van der Waals surface area contributed by atoms with E-state index in [1.54, 1.807) is 30.2 Å². The van der Waals surface area contributed by atoms with Gasteiger partial charge < -0.3 is 19.7 Å². The van der Waals surface area contributed by atoms with Crippen LogP contribution in [0.5, 0.6) is 5.75 Å². The van der Waals surface area contributed by atoms with Crippen LogP contribution in [0.3, 0.4) is 0 Å². The van der Waals surface area contributed by atoms with Gasteiger partial charge in [0.1, 0.15) is 6.61 Å². The summed E-state index contributed by atoms with van der Waals surface area (Å²) in [4.78, 5) is 13.7. The summed E-state index contributed by atoms with van der Waals surface area (Å²) in [6.07, 6.45) is 0. The van der Waals surface area contributed by atoms with Gasteiger partial charge in [-0.15, -0.1) is 0 Å². The van der Waals surface area contributed by atoms with E-state index in [4.69, 9.17) is 21.1 Å². The van der Waals surface area contributed by atoms with Gasteiger partial charge in [-0.05, 0) is 26.0 Å². The molecule has 0 atom stereocenters. The van der Waals surface area contributed by atoms with Gasteiger partial charge in [-0.1, -0.05) is 17.7 Å². The van der Waals surface area contributed by atoms with Crippen LogP contribution in [0.4, 0.5) is 10.5 Å². The van der Waals surface area contributed by atoms with Gasteiger partial charge >= 0.3 is 6.03 Å². The Morgan fingerprint density at radius 2 is 2.00 bits per heavy atom. The molecule has 0 aliphatic heterocycles. The summed E-state index contributed by atoms with van der Waals surface area (Å²) in [5.74, 6) is 0.465. The molecule has 6 heteroatoms. The van der Waals surface area contributed by atoms with E-state index in [0.29, 0.717) is 42.8 Å². The normalized spacial score (nSPS) is 10.2. The largest absolute Gasteiger partial charge is 0.487 e. The van der Waals surface area contributed by atoms with Crippen LogP contribution < -0.4 is 10.1 Å². The molecule has 2 amide bonds. The van der Waals surface area contributed by atoms with E-state index in [1.807, 2.05) is 13.8 Å². The molecule has 1 rings (SSSR count). The van der Waals surface area contributed by atoms with Crippen molar-refractivity contribution in [3.8, 4) is 5.75 Å². The fraction of sp³-hybridized carbons (Fsp3) is 0.500. The maximum Gasteiger partial charge on any atom is 0.321 e. The zero-order valence-electron chi connectivity index (χ0n) is 12.1. The quantitative estimate of drug-likeness (QED) is 0.787. The maximum atomic E-state index is 12.1. The van der Waals surface area contributed by atoms with Crippen LogP contribution >= 0.6 is 11.6 Å². The Kier molecular flexibility index (Phi) is 7.18. The van der Waals surface area contributed by atoms with E-state index in [0.717, 1.165) is 0 Å². The van der Waals surface area contributed by atoms with E-state index < -0.39 is 0 Å². The Labute approximate surface area is 124 Å². The van der Waals surface area contributed by atoms with E-state index in [1.165, 1.54) is 0 Å². The van der Waals surface area contributed by atoms with Crippen LogP contribution in [-0.4, -0.2) is 44.3 Å². The number of hydrogen-bond acceptors (Lipinski definition) is 3. The van der Waals surface area contributed by atoms with E-state index in [-0.39, 0.29) is 6.03 Å². The smallest absolute Gasteiger partial charge is 0.321 e. The highest BCUT2D eigenvalue weighted by atomic mass is 35.5. The van der Waals surface area contributed by atoms with Gasteiger partial charge in [-0.25, -0.2) is 4.79 Å². The molecule has 1 aromatic carbocycles. The van der Waals surface area contributed by atoms with Gasteiger partial charge in [-0.3, -0.25) is 0 Å². The van der Waals surface area contributed by atoms with E-state index in [9.17, 15) is 4.79 Å². The molecular formula is C14H21ClN2O3. The third-order valence-corrected chi connectivity index (χ3v) is 3.09. The van der Waals surface area contributed by atoms with Gasteiger partial charge in [0, 0.05) is 20.2 Å². The Hall–Kier alpha value is -1.46. The first-order chi connectivity index (χ1) is 9.63. The fourth-order valence-corrected chi connectivity index (χ4v) is 1.92. The monoisotopic (exact) mass is 300 g/mol. The summed E-state index contributed by atoms with van der Waals surface area (Å²) in [5.41, 5.74) is 0.561. The number of benzene rings is 1. The molecule has 0 saturated heterocycles. The predicted octanol–water partition coefficient (Wildman–Crippen LogP) is 3.24. The minimum atomic E-state index is -0.172. The minimum Gasteiger partial charge on any atom is -0.487 e. The molecule has 1 aromatic rings. The summed E-state index contributed by atoms with van der Waals surface area (Å²) in [6.45, 7) is 5.96. The molecule has 0 radical (unpaired) electrons. The van der Waals surface area contributed by atoms with Crippen molar-refractivity contribution in [3.63, 3.8) is 0 Å². The Morgan fingerprint density at radius 1 is 1.30 bits per heavy atom. The van der Waals surface area contributed by atoms with Crippen molar-refractivity contribution >= 4 is 23.3 Å². The average molecular weight is 301 g/mol. The summed E-state index contributed by atoms with van der Waals surface area (Å²) < 4.78 is 10.5. The number of ether oxygens (including phenoxy) is 2. The molecule has 20 heavy (non-hydrogen) atoms. The molecule has 0 fully saturated rings. The molecule has 0 unspecified atom stereocenters. The van der Waals surface area contributed by atoms with Crippen LogP contribution in [0.15, 0.2) is 18.2 Å². The van der Waals surface area contributed by atoms with Gasteiger partial charge in [0.05, 0.1) is 17.3 Å². The minimum absolute atomic E-state index is 0.172.